The lowest BCUT2D eigenvalue weighted by Gasteiger charge is -2.45. The standard InChI is InChI=1S/C12H22N2O2/c1-3-13-11-5-4-6-14(12(11)15)9-7-10(8-9)16-2/h9-11,13H,3-8H2,1-2H3. The van der Waals surface area contributed by atoms with Gasteiger partial charge in [-0.25, -0.2) is 0 Å². The van der Waals surface area contributed by atoms with Crippen molar-refractivity contribution in [3.63, 3.8) is 0 Å². The van der Waals surface area contributed by atoms with Crippen LogP contribution >= 0.6 is 0 Å². The van der Waals surface area contributed by atoms with Gasteiger partial charge in [-0.1, -0.05) is 6.92 Å². The lowest BCUT2D eigenvalue weighted by Crippen LogP contribution is -2.58. The summed E-state index contributed by atoms with van der Waals surface area (Å²) in [5.41, 5.74) is 0. The predicted octanol–water partition coefficient (Wildman–Crippen LogP) is 0.764. The molecule has 1 heterocycles. The van der Waals surface area contributed by atoms with Crippen LogP contribution in [0, 0.1) is 0 Å². The van der Waals surface area contributed by atoms with Crippen molar-refractivity contribution in [2.24, 2.45) is 0 Å². The summed E-state index contributed by atoms with van der Waals surface area (Å²) in [5.74, 6) is 0.299. The summed E-state index contributed by atoms with van der Waals surface area (Å²) in [5, 5.41) is 3.27. The largest absolute Gasteiger partial charge is 0.381 e. The van der Waals surface area contributed by atoms with Crippen LogP contribution in [-0.4, -0.2) is 49.2 Å². The molecule has 0 aromatic rings. The van der Waals surface area contributed by atoms with Crippen LogP contribution in [0.3, 0.4) is 0 Å². The monoisotopic (exact) mass is 226 g/mol. The molecule has 0 radical (unpaired) electrons. The fourth-order valence-corrected chi connectivity index (χ4v) is 2.68. The van der Waals surface area contributed by atoms with Gasteiger partial charge in [-0.2, -0.15) is 0 Å². The molecule has 4 heteroatoms. The molecule has 0 aromatic heterocycles. The molecule has 0 bridgehead atoms. The summed E-state index contributed by atoms with van der Waals surface area (Å²) in [4.78, 5) is 14.2. The lowest BCUT2D eigenvalue weighted by atomic mass is 9.86. The second-order valence-electron chi connectivity index (χ2n) is 4.77. The van der Waals surface area contributed by atoms with Gasteiger partial charge in [0.1, 0.15) is 0 Å². The van der Waals surface area contributed by atoms with Gasteiger partial charge in [-0.3, -0.25) is 4.79 Å². The van der Waals surface area contributed by atoms with Crippen molar-refractivity contribution in [1.82, 2.24) is 10.2 Å². The van der Waals surface area contributed by atoms with Gasteiger partial charge in [0.25, 0.3) is 0 Å². The average molecular weight is 226 g/mol. The molecular weight excluding hydrogens is 204 g/mol. The first kappa shape index (κ1) is 11.9. The molecule has 0 aromatic carbocycles. The van der Waals surface area contributed by atoms with E-state index < -0.39 is 0 Å². The zero-order valence-electron chi connectivity index (χ0n) is 10.2. The molecule has 1 aliphatic heterocycles. The third kappa shape index (κ3) is 2.23. The molecule has 2 fully saturated rings. The molecule has 1 N–H and O–H groups in total. The highest BCUT2D eigenvalue weighted by Gasteiger charge is 2.39. The van der Waals surface area contributed by atoms with E-state index in [-0.39, 0.29) is 6.04 Å². The fourth-order valence-electron chi connectivity index (χ4n) is 2.68. The summed E-state index contributed by atoms with van der Waals surface area (Å²) in [7, 11) is 1.75. The minimum atomic E-state index is 0.0559. The van der Waals surface area contributed by atoms with Crippen molar-refractivity contribution in [3.8, 4) is 0 Å². The molecule has 1 saturated carbocycles. The Morgan fingerprint density at radius 1 is 1.50 bits per heavy atom. The van der Waals surface area contributed by atoms with Crippen LogP contribution in [0.2, 0.25) is 0 Å². The Kier molecular flexibility index (Phi) is 3.82. The molecule has 92 valence electrons. The molecule has 1 saturated heterocycles. The van der Waals surface area contributed by atoms with Crippen LogP contribution in [0.15, 0.2) is 0 Å². The summed E-state index contributed by atoms with van der Waals surface area (Å²) < 4.78 is 5.26. The third-order valence-corrected chi connectivity index (χ3v) is 3.77. The first-order valence-corrected chi connectivity index (χ1v) is 6.33. The van der Waals surface area contributed by atoms with E-state index in [2.05, 4.69) is 17.1 Å². The Morgan fingerprint density at radius 2 is 2.25 bits per heavy atom. The number of carbonyl (C=O) groups excluding carboxylic acids is 1. The Bertz CT molecular complexity index is 249. The van der Waals surface area contributed by atoms with Gasteiger partial charge < -0.3 is 15.0 Å². The zero-order chi connectivity index (χ0) is 11.5. The minimum Gasteiger partial charge on any atom is -0.381 e. The SMILES string of the molecule is CCNC1CCCN(C2CC(OC)C2)C1=O. The molecule has 2 rings (SSSR count). The number of methoxy groups -OCH3 is 1. The molecular formula is C12H22N2O2. The first-order chi connectivity index (χ1) is 7.76. The molecule has 0 spiro atoms. The maximum Gasteiger partial charge on any atom is 0.239 e. The third-order valence-electron chi connectivity index (χ3n) is 3.77. The maximum absolute atomic E-state index is 12.2. The van der Waals surface area contributed by atoms with Crippen molar-refractivity contribution in [2.75, 3.05) is 20.2 Å². The zero-order valence-corrected chi connectivity index (χ0v) is 10.2. The van der Waals surface area contributed by atoms with Gasteiger partial charge in [0.15, 0.2) is 0 Å². The molecule has 1 atom stereocenters. The Labute approximate surface area is 97.3 Å². The van der Waals surface area contributed by atoms with Crippen LogP contribution in [0.5, 0.6) is 0 Å². The fraction of sp³-hybridized carbons (Fsp3) is 0.917. The number of hydrogen-bond acceptors (Lipinski definition) is 3. The predicted molar refractivity (Wildman–Crippen MR) is 62.2 cm³/mol. The molecule has 2 aliphatic rings. The van der Waals surface area contributed by atoms with E-state index in [0.717, 1.165) is 38.8 Å². The number of likely N-dealkylation sites (N-methyl/N-ethyl adjacent to an activating group) is 1. The van der Waals surface area contributed by atoms with Crippen LogP contribution in [0.4, 0.5) is 0 Å². The van der Waals surface area contributed by atoms with Gasteiger partial charge in [-0.15, -0.1) is 0 Å². The smallest absolute Gasteiger partial charge is 0.239 e. The van der Waals surface area contributed by atoms with Crippen LogP contribution in [-0.2, 0) is 9.53 Å². The highest BCUT2D eigenvalue weighted by molar-refractivity contribution is 5.83. The van der Waals surface area contributed by atoms with Gasteiger partial charge >= 0.3 is 0 Å². The summed E-state index contributed by atoms with van der Waals surface area (Å²) in [6, 6.07) is 0.485. The van der Waals surface area contributed by atoms with E-state index in [1.54, 1.807) is 7.11 Å². The number of rotatable bonds is 4. The summed E-state index contributed by atoms with van der Waals surface area (Å²) >= 11 is 0. The van der Waals surface area contributed by atoms with Gasteiger partial charge in [0.05, 0.1) is 12.1 Å². The van der Waals surface area contributed by atoms with E-state index in [0.29, 0.717) is 18.1 Å². The number of ether oxygens (including phenoxy) is 1. The number of piperidine rings is 1. The number of nitrogens with one attached hydrogen (secondary N) is 1. The Balaban J connectivity index is 1.87. The van der Waals surface area contributed by atoms with Crippen molar-refractivity contribution < 1.29 is 9.53 Å². The molecule has 1 amide bonds. The first-order valence-electron chi connectivity index (χ1n) is 6.33. The molecule has 1 aliphatic carbocycles. The average Bonchev–Trinajstić information content (AvgIpc) is 2.22. The molecule has 16 heavy (non-hydrogen) atoms. The number of likely N-dealkylation sites (tertiary alicyclic amines) is 1. The topological polar surface area (TPSA) is 41.6 Å². The van der Waals surface area contributed by atoms with E-state index in [1.807, 2.05) is 0 Å². The lowest BCUT2D eigenvalue weighted by molar-refractivity contribution is -0.144. The number of amides is 1. The van der Waals surface area contributed by atoms with Crippen LogP contribution in [0.25, 0.3) is 0 Å². The number of hydrogen-bond donors (Lipinski definition) is 1. The van der Waals surface area contributed by atoms with E-state index in [9.17, 15) is 4.79 Å². The van der Waals surface area contributed by atoms with Crippen LogP contribution < -0.4 is 5.32 Å². The summed E-state index contributed by atoms with van der Waals surface area (Å²) in [6.45, 7) is 3.86. The van der Waals surface area contributed by atoms with E-state index >= 15 is 0 Å². The van der Waals surface area contributed by atoms with Gasteiger partial charge in [0.2, 0.25) is 5.91 Å². The van der Waals surface area contributed by atoms with Crippen molar-refractivity contribution in [1.29, 1.82) is 0 Å². The highest BCUT2D eigenvalue weighted by atomic mass is 16.5. The Hall–Kier alpha value is -0.610. The van der Waals surface area contributed by atoms with E-state index in [4.69, 9.17) is 4.74 Å². The quantitative estimate of drug-likeness (QED) is 0.769. The van der Waals surface area contributed by atoms with Crippen molar-refractivity contribution >= 4 is 5.91 Å². The molecule has 1 unspecified atom stereocenters. The van der Waals surface area contributed by atoms with Gasteiger partial charge in [-0.05, 0) is 32.2 Å². The van der Waals surface area contributed by atoms with E-state index in [1.165, 1.54) is 0 Å². The van der Waals surface area contributed by atoms with Crippen molar-refractivity contribution in [3.05, 3.63) is 0 Å². The second kappa shape index (κ2) is 5.15. The van der Waals surface area contributed by atoms with Crippen LogP contribution in [0.1, 0.15) is 32.6 Å². The number of carbonyl (C=O) groups is 1. The maximum atomic E-state index is 12.2. The summed E-state index contributed by atoms with van der Waals surface area (Å²) in [6.07, 6.45) is 4.51. The highest BCUT2D eigenvalue weighted by Crippen LogP contribution is 2.30. The molecule has 4 nitrogen and oxygen atoms in total. The number of nitrogens with zero attached hydrogens (tertiary/aromatic N) is 1. The minimum absolute atomic E-state index is 0.0559. The second-order valence-corrected chi connectivity index (χ2v) is 4.77. The Morgan fingerprint density at radius 3 is 2.88 bits per heavy atom. The van der Waals surface area contributed by atoms with Crippen molar-refractivity contribution in [2.45, 2.75) is 50.8 Å². The van der Waals surface area contributed by atoms with Gasteiger partial charge in [0, 0.05) is 19.7 Å². The normalized spacial score (nSPS) is 35.0.